The molecule has 0 radical (unpaired) electrons. The molecule has 3 fully saturated rings. The van der Waals surface area contributed by atoms with Gasteiger partial charge in [0.2, 0.25) is 0 Å². The minimum Gasteiger partial charge on any atom is -0.508 e. The molecular weight excluding hydrogens is 1600 g/mol. The number of rotatable bonds is 0. The fraction of sp³-hybridized carbons (Fsp3) is 0.727. The second kappa shape index (κ2) is 93.4. The van der Waals surface area contributed by atoms with Crippen LogP contribution in [-0.4, -0.2) is 75.9 Å². The number of aromatic hydroxyl groups is 1. The zero-order valence-electron chi connectivity index (χ0n) is 91.6. The summed E-state index contributed by atoms with van der Waals surface area (Å²) in [4.78, 5) is 27.2. The minimum atomic E-state index is -0.264. The number of benzene rings is 1. The summed E-state index contributed by atoms with van der Waals surface area (Å²) in [5.41, 5.74) is 6.54. The van der Waals surface area contributed by atoms with Gasteiger partial charge in [-0.3, -0.25) is 14.5 Å². The van der Waals surface area contributed by atoms with E-state index >= 15 is 0 Å². The second-order valence-electron chi connectivity index (χ2n) is 39.6. The van der Waals surface area contributed by atoms with Crippen molar-refractivity contribution in [2.75, 3.05) is 27.2 Å². The molecule has 1 aromatic rings. The molecule has 9 rings (SSSR count). The van der Waals surface area contributed by atoms with Crippen LogP contribution in [0.4, 0.5) is 0 Å². The van der Waals surface area contributed by atoms with E-state index in [0.29, 0.717) is 55.1 Å². The van der Waals surface area contributed by atoms with Crippen molar-refractivity contribution in [2.45, 2.75) is 454 Å². The first kappa shape index (κ1) is 153. The summed E-state index contributed by atoms with van der Waals surface area (Å²) in [5, 5.41) is 24.4. The van der Waals surface area contributed by atoms with Gasteiger partial charge in [-0.1, -0.05) is 496 Å². The van der Waals surface area contributed by atoms with Crippen molar-refractivity contribution in [3.8, 4) is 5.75 Å². The number of likely N-dealkylation sites (tertiary alicyclic amines) is 1. The maximum atomic E-state index is 10.6. The van der Waals surface area contributed by atoms with E-state index in [4.69, 9.17) is 10.2 Å². The number of ketones is 2. The Morgan fingerprint density at radius 2 is 0.727 bits per heavy atom. The molecule has 2 saturated carbocycles. The third kappa shape index (κ3) is 146. The van der Waals surface area contributed by atoms with Crippen LogP contribution in [-0.2, 0) is 26.7 Å². The first-order valence-corrected chi connectivity index (χ1v) is 50.5. The number of thioether (sulfide) groups is 4. The molecule has 2 atom stereocenters. The van der Waals surface area contributed by atoms with Gasteiger partial charge >= 0.3 is 0 Å². The van der Waals surface area contributed by atoms with Crippen LogP contribution in [0.3, 0.4) is 0 Å². The predicted octanol–water partition coefficient (Wildman–Crippen LogP) is 39.0. The number of aliphatic hydroxyl groups is 1. The standard InChI is InChI=1S/C10H12S4.C9H21N.C9H18.C7H8O.C7H6O.C7H10O.C7H6O.C6H13N.C5H10.5C5H12.9C2H6.Fe/c1-10(2,3)7-6-13-9(14-7)8-11-4-5-12-8;1-8(2,3)10(7)9(4,5)6;1-9(2,3)8-6-4-5-7-8;2*1-6-2-4-7(8)5-3-6;2*1-6-4-2-3-5-7(6)8;1-7-5-3-2-4-6-7;1-2-4-5-3-1;5*1-5(2,3)4;9*1-2;/h4-6H,1-3H3;1-7H3;8H,4-7H2,1-3H3;2-5,8H,1H3;2-5H,1H2;2-8H,1H3;2-5H,1H2;2-6H2,1H3;1-5H2;5*1-4H3;9*1-2H3;. The molecule has 0 bridgehead atoms. The van der Waals surface area contributed by atoms with Gasteiger partial charge in [0.25, 0.3) is 0 Å². The number of allylic oxidation sites excluding steroid dienone is 13. The average molecular weight is 1820 g/mol. The maximum absolute atomic E-state index is 10.6. The van der Waals surface area contributed by atoms with Crippen LogP contribution in [0, 0.1) is 56.7 Å². The van der Waals surface area contributed by atoms with Gasteiger partial charge in [0, 0.05) is 44.5 Å². The molecule has 2 N–H and O–H groups in total. The zero-order valence-corrected chi connectivity index (χ0v) is 96.0. The van der Waals surface area contributed by atoms with Crippen LogP contribution in [0.2, 0.25) is 0 Å². The van der Waals surface area contributed by atoms with Gasteiger partial charge in [0.05, 0.1) is 14.6 Å². The molecule has 0 spiro atoms. The molecule has 6 nitrogen and oxygen atoms in total. The molecule has 121 heavy (non-hydrogen) atoms. The normalized spacial score (nSPS) is 16.1. The quantitative estimate of drug-likeness (QED) is 0.194. The molecule has 8 aliphatic rings. The summed E-state index contributed by atoms with van der Waals surface area (Å²) >= 11 is 7.49. The van der Waals surface area contributed by atoms with Crippen LogP contribution in [0.5, 0.6) is 5.75 Å². The predicted molar refractivity (Wildman–Crippen MR) is 576 cm³/mol. The summed E-state index contributed by atoms with van der Waals surface area (Å²) in [6.07, 6.45) is 38.1. The summed E-state index contributed by atoms with van der Waals surface area (Å²) in [6, 6.07) is 7.09. The third-order valence-corrected chi connectivity index (χ3v) is 19.0. The molecule has 0 aromatic heterocycles. The number of piperidine rings is 1. The number of phenols is 1. The largest absolute Gasteiger partial charge is 0.508 e. The Morgan fingerprint density at radius 3 is 0.926 bits per heavy atom. The number of carbonyl (C=O) groups excluding carboxylic acids is 2. The first-order chi connectivity index (χ1) is 54.9. The van der Waals surface area contributed by atoms with Crippen molar-refractivity contribution in [1.82, 2.24) is 9.80 Å². The fourth-order valence-electron chi connectivity index (χ4n) is 7.96. The Bertz CT molecular complexity index is 2470. The van der Waals surface area contributed by atoms with Crippen LogP contribution in [0.1, 0.15) is 436 Å². The van der Waals surface area contributed by atoms with Gasteiger partial charge in [0.15, 0.2) is 11.6 Å². The van der Waals surface area contributed by atoms with Gasteiger partial charge in [-0.2, -0.15) is 0 Å². The Hall–Kier alpha value is -2.70. The summed E-state index contributed by atoms with van der Waals surface area (Å²) in [6.45, 7) is 121. The molecule has 11 heteroatoms. The summed E-state index contributed by atoms with van der Waals surface area (Å²) < 4.78 is 2.89. The van der Waals surface area contributed by atoms with Crippen LogP contribution in [0.15, 0.2) is 151 Å². The maximum Gasteiger partial charge on any atom is 0.185 e. The molecule has 2 unspecified atom stereocenters. The van der Waals surface area contributed by atoms with Gasteiger partial charge in [-0.05, 0) is 197 Å². The number of nitrogens with zero attached hydrogens (tertiary/aromatic N) is 2. The van der Waals surface area contributed by atoms with Crippen LogP contribution < -0.4 is 0 Å². The van der Waals surface area contributed by atoms with E-state index in [9.17, 15) is 9.59 Å². The zero-order chi connectivity index (χ0) is 98.7. The van der Waals surface area contributed by atoms with Gasteiger partial charge < -0.3 is 15.1 Å². The molecule has 5 aliphatic carbocycles. The van der Waals surface area contributed by atoms with E-state index in [0.717, 1.165) is 11.5 Å². The Labute approximate surface area is 792 Å². The van der Waals surface area contributed by atoms with Crippen molar-refractivity contribution in [2.24, 2.45) is 49.7 Å². The smallest absolute Gasteiger partial charge is 0.185 e. The van der Waals surface area contributed by atoms with E-state index in [2.05, 4.69) is 275 Å². The Morgan fingerprint density at radius 1 is 0.421 bits per heavy atom. The van der Waals surface area contributed by atoms with E-state index < -0.39 is 0 Å². The number of aliphatic hydroxyl groups excluding tert-OH is 1. The number of carbonyl (C=O) groups is 2. The third-order valence-electron chi connectivity index (χ3n) is 13.5. The molecule has 3 heterocycles. The molecule has 1 saturated heterocycles. The monoisotopic (exact) mass is 1820 g/mol. The van der Waals surface area contributed by atoms with E-state index in [1.807, 2.05) is 216 Å². The Kier molecular flexibility index (Phi) is 118. The van der Waals surface area contributed by atoms with Crippen molar-refractivity contribution in [3.05, 3.63) is 157 Å². The van der Waals surface area contributed by atoms with Crippen LogP contribution >= 0.6 is 47.0 Å². The number of phenolic OH excluding ortho intramolecular Hbond substituents is 1. The summed E-state index contributed by atoms with van der Waals surface area (Å²) in [5.74, 6) is 1.68. The van der Waals surface area contributed by atoms with Crippen molar-refractivity contribution in [1.29, 1.82) is 0 Å². The van der Waals surface area contributed by atoms with Gasteiger partial charge in [-0.15, -0.1) is 0 Å². The number of hydrogen-bond donors (Lipinski definition) is 2. The van der Waals surface area contributed by atoms with E-state index in [1.54, 1.807) is 48.6 Å². The molecular formula is C110H218FeN2O4S4. The second-order valence-corrected chi connectivity index (χ2v) is 43.9. The number of hydrogen-bond acceptors (Lipinski definition) is 10. The first-order valence-electron chi connectivity index (χ1n) is 47.1. The SMILES string of the molecule is C1CCCC1.C=C1C=CC(=O)C=C1.C=C1C=CC=CC1=O.CC.CC.CC.CC.CC.CC.CC.CC.CC.CC(C)(C)C.CC(C)(C)C.CC(C)(C)C.CC(C)(C)C.CC(C)(C)C.CC(C)(C)C1=CSC(=C2SC=CS2)S1.CC(C)(C)C1CCCC1.CC1C=CC=CC1O.CN(C(C)(C)C)C(C)(C)C.CN1CCCCC1.Cc1ccc(O)cc1.[Fe]. The van der Waals surface area contributed by atoms with E-state index in [-0.39, 0.29) is 45.8 Å². The number of aryl methyl sites for hydroxylation is 1. The molecule has 1 aromatic carbocycles. The van der Waals surface area contributed by atoms with Crippen molar-refractivity contribution >= 4 is 58.6 Å². The fourth-order valence-corrected chi connectivity index (χ4v) is 12.7. The van der Waals surface area contributed by atoms with Gasteiger partial charge in [0.1, 0.15) is 5.75 Å². The summed E-state index contributed by atoms with van der Waals surface area (Å²) in [7, 11) is 4.36. The van der Waals surface area contributed by atoms with Crippen molar-refractivity contribution in [3.63, 3.8) is 0 Å². The molecule has 3 aliphatic heterocycles. The van der Waals surface area contributed by atoms with Crippen LogP contribution in [0.25, 0.3) is 0 Å². The minimum absolute atomic E-state index is 0. The Balaban J connectivity index is -0.0000000764. The molecule has 724 valence electrons. The van der Waals surface area contributed by atoms with E-state index in [1.165, 1.54) is 127 Å². The van der Waals surface area contributed by atoms with Crippen molar-refractivity contribution < 1.29 is 36.9 Å². The molecule has 0 amide bonds. The average Bonchev–Trinajstić information content (AvgIpc) is 1.70. The van der Waals surface area contributed by atoms with Gasteiger partial charge in [-0.25, -0.2) is 0 Å². The topological polar surface area (TPSA) is 81.1 Å².